The number of carbonyl (C=O) groups excluding carboxylic acids is 2. The summed E-state index contributed by atoms with van der Waals surface area (Å²) in [7, 11) is 0. The highest BCUT2D eigenvalue weighted by molar-refractivity contribution is 5.86. The van der Waals surface area contributed by atoms with Gasteiger partial charge < -0.3 is 9.47 Å². The highest BCUT2D eigenvalue weighted by Crippen LogP contribution is 2.04. The number of carbonyl (C=O) groups is 2. The third-order valence-corrected chi connectivity index (χ3v) is 1.87. The molecule has 0 radical (unpaired) electrons. The molecular formula is C12H18O4. The van der Waals surface area contributed by atoms with Crippen LogP contribution in [0.25, 0.3) is 0 Å². The van der Waals surface area contributed by atoms with E-state index in [0.717, 1.165) is 6.08 Å². The van der Waals surface area contributed by atoms with Gasteiger partial charge in [0.05, 0.1) is 13.2 Å². The lowest BCUT2D eigenvalue weighted by atomic mass is 10.1. The van der Waals surface area contributed by atoms with Gasteiger partial charge in [0.15, 0.2) is 0 Å². The van der Waals surface area contributed by atoms with Crippen LogP contribution in [0, 0.1) is 5.92 Å². The molecule has 1 unspecified atom stereocenters. The molecule has 0 N–H and O–H groups in total. The first kappa shape index (κ1) is 14.4. The SMILES string of the molecule is C=CC(=O)OCCC(C)COC(=O)C(=C)C. The highest BCUT2D eigenvalue weighted by Gasteiger charge is 2.08. The fourth-order valence-electron chi connectivity index (χ4n) is 0.844. The van der Waals surface area contributed by atoms with Crippen LogP contribution in [-0.4, -0.2) is 25.2 Å². The van der Waals surface area contributed by atoms with Gasteiger partial charge in [-0.05, 0) is 19.3 Å². The third kappa shape index (κ3) is 6.81. The van der Waals surface area contributed by atoms with E-state index in [1.807, 2.05) is 6.92 Å². The minimum atomic E-state index is -0.439. The van der Waals surface area contributed by atoms with Crippen LogP contribution in [0.1, 0.15) is 20.3 Å². The molecule has 0 aliphatic carbocycles. The molecule has 0 aliphatic heterocycles. The van der Waals surface area contributed by atoms with Gasteiger partial charge in [-0.25, -0.2) is 9.59 Å². The lowest BCUT2D eigenvalue weighted by Gasteiger charge is -2.11. The van der Waals surface area contributed by atoms with Gasteiger partial charge >= 0.3 is 11.9 Å². The molecule has 0 spiro atoms. The fourth-order valence-corrected chi connectivity index (χ4v) is 0.844. The van der Waals surface area contributed by atoms with E-state index in [2.05, 4.69) is 13.2 Å². The quantitative estimate of drug-likeness (QED) is 0.491. The molecule has 0 fully saturated rings. The van der Waals surface area contributed by atoms with E-state index in [-0.39, 0.29) is 5.92 Å². The van der Waals surface area contributed by atoms with E-state index in [4.69, 9.17) is 9.47 Å². The molecule has 0 aliphatic rings. The van der Waals surface area contributed by atoms with Crippen LogP contribution in [0.3, 0.4) is 0 Å². The number of esters is 2. The molecule has 0 aromatic rings. The summed E-state index contributed by atoms with van der Waals surface area (Å²) in [5, 5.41) is 0. The Bertz CT molecular complexity index is 281. The fraction of sp³-hybridized carbons (Fsp3) is 0.500. The second kappa shape index (κ2) is 7.68. The molecule has 0 aromatic heterocycles. The Labute approximate surface area is 95.9 Å². The van der Waals surface area contributed by atoms with Crippen molar-refractivity contribution in [1.82, 2.24) is 0 Å². The lowest BCUT2D eigenvalue weighted by molar-refractivity contribution is -0.142. The van der Waals surface area contributed by atoms with Gasteiger partial charge in [0.25, 0.3) is 0 Å². The third-order valence-electron chi connectivity index (χ3n) is 1.87. The molecule has 0 amide bonds. The van der Waals surface area contributed by atoms with Gasteiger partial charge in [0.2, 0.25) is 0 Å². The van der Waals surface area contributed by atoms with Crippen molar-refractivity contribution >= 4 is 11.9 Å². The van der Waals surface area contributed by atoms with Gasteiger partial charge in [-0.1, -0.05) is 20.1 Å². The number of rotatable bonds is 7. The molecule has 1 atom stereocenters. The van der Waals surface area contributed by atoms with Crippen LogP contribution < -0.4 is 0 Å². The number of ether oxygens (including phenoxy) is 2. The van der Waals surface area contributed by atoms with E-state index in [0.29, 0.717) is 25.2 Å². The van der Waals surface area contributed by atoms with Gasteiger partial charge in [0.1, 0.15) is 0 Å². The summed E-state index contributed by atoms with van der Waals surface area (Å²) < 4.78 is 9.75. The zero-order valence-electron chi connectivity index (χ0n) is 9.82. The smallest absolute Gasteiger partial charge is 0.333 e. The molecule has 90 valence electrons. The van der Waals surface area contributed by atoms with Gasteiger partial charge in [0, 0.05) is 11.6 Å². The Morgan fingerprint density at radius 1 is 1.38 bits per heavy atom. The number of hydrogen-bond donors (Lipinski definition) is 0. The maximum Gasteiger partial charge on any atom is 0.333 e. The van der Waals surface area contributed by atoms with Gasteiger partial charge in [-0.15, -0.1) is 0 Å². The Kier molecular flexibility index (Phi) is 6.92. The summed E-state index contributed by atoms with van der Waals surface area (Å²) in [5.74, 6) is -0.693. The van der Waals surface area contributed by atoms with Crippen molar-refractivity contribution in [3.63, 3.8) is 0 Å². The van der Waals surface area contributed by atoms with Crippen molar-refractivity contribution < 1.29 is 19.1 Å². The summed E-state index contributed by atoms with van der Waals surface area (Å²) in [4.78, 5) is 21.8. The lowest BCUT2D eigenvalue weighted by Crippen LogP contribution is -2.14. The van der Waals surface area contributed by atoms with Crippen molar-refractivity contribution in [2.75, 3.05) is 13.2 Å². The molecule has 0 aromatic carbocycles. The first-order chi connectivity index (χ1) is 7.47. The Hall–Kier alpha value is -1.58. The van der Waals surface area contributed by atoms with E-state index < -0.39 is 11.9 Å². The predicted molar refractivity (Wildman–Crippen MR) is 60.7 cm³/mol. The van der Waals surface area contributed by atoms with E-state index in [1.54, 1.807) is 6.92 Å². The monoisotopic (exact) mass is 226 g/mol. The first-order valence-corrected chi connectivity index (χ1v) is 5.09. The molecule has 0 heterocycles. The van der Waals surface area contributed by atoms with Crippen LogP contribution in [-0.2, 0) is 19.1 Å². The van der Waals surface area contributed by atoms with Crippen LogP contribution >= 0.6 is 0 Å². The molecule has 0 rings (SSSR count). The predicted octanol–water partition coefficient (Wildman–Crippen LogP) is 1.86. The second-order valence-electron chi connectivity index (χ2n) is 3.64. The minimum Gasteiger partial charge on any atom is -0.463 e. The van der Waals surface area contributed by atoms with Crippen molar-refractivity contribution in [1.29, 1.82) is 0 Å². The average molecular weight is 226 g/mol. The number of hydrogen-bond acceptors (Lipinski definition) is 4. The topological polar surface area (TPSA) is 52.6 Å². The van der Waals surface area contributed by atoms with Crippen molar-refractivity contribution in [2.24, 2.45) is 5.92 Å². The molecule has 0 saturated heterocycles. The van der Waals surface area contributed by atoms with E-state index in [1.165, 1.54) is 0 Å². The van der Waals surface area contributed by atoms with Gasteiger partial charge in [-0.3, -0.25) is 0 Å². The highest BCUT2D eigenvalue weighted by atomic mass is 16.5. The Balaban J connectivity index is 3.63. The molecule has 0 bridgehead atoms. The maximum atomic E-state index is 11.1. The maximum absolute atomic E-state index is 11.1. The van der Waals surface area contributed by atoms with Crippen LogP contribution in [0.15, 0.2) is 24.8 Å². The molecule has 16 heavy (non-hydrogen) atoms. The molecule has 4 heteroatoms. The first-order valence-electron chi connectivity index (χ1n) is 5.09. The van der Waals surface area contributed by atoms with Gasteiger partial charge in [-0.2, -0.15) is 0 Å². The van der Waals surface area contributed by atoms with Crippen LogP contribution in [0.4, 0.5) is 0 Å². The van der Waals surface area contributed by atoms with Crippen molar-refractivity contribution in [3.05, 3.63) is 24.8 Å². The largest absolute Gasteiger partial charge is 0.463 e. The van der Waals surface area contributed by atoms with E-state index >= 15 is 0 Å². The molecule has 0 saturated carbocycles. The second-order valence-corrected chi connectivity index (χ2v) is 3.64. The Morgan fingerprint density at radius 2 is 2.00 bits per heavy atom. The normalized spacial score (nSPS) is 11.4. The molecule has 4 nitrogen and oxygen atoms in total. The summed E-state index contributed by atoms with van der Waals surface area (Å²) in [6, 6.07) is 0. The Morgan fingerprint density at radius 3 is 2.50 bits per heavy atom. The summed E-state index contributed by atoms with van der Waals surface area (Å²) in [6.45, 7) is 10.9. The average Bonchev–Trinajstić information content (AvgIpc) is 2.25. The minimum absolute atomic E-state index is 0.140. The van der Waals surface area contributed by atoms with Crippen LogP contribution in [0.2, 0.25) is 0 Å². The van der Waals surface area contributed by atoms with Crippen molar-refractivity contribution in [3.8, 4) is 0 Å². The van der Waals surface area contributed by atoms with Crippen LogP contribution in [0.5, 0.6) is 0 Å². The summed E-state index contributed by atoms with van der Waals surface area (Å²) in [5.41, 5.74) is 0.380. The molecular weight excluding hydrogens is 208 g/mol. The summed E-state index contributed by atoms with van der Waals surface area (Å²) >= 11 is 0. The zero-order chi connectivity index (χ0) is 12.6. The van der Waals surface area contributed by atoms with Crippen molar-refractivity contribution in [2.45, 2.75) is 20.3 Å². The summed E-state index contributed by atoms with van der Waals surface area (Å²) in [6.07, 6.45) is 1.76. The van der Waals surface area contributed by atoms with E-state index in [9.17, 15) is 9.59 Å². The standard InChI is InChI=1S/C12H18O4/c1-5-11(13)15-7-6-10(4)8-16-12(14)9(2)3/h5,10H,1-2,6-8H2,3-4H3. The zero-order valence-corrected chi connectivity index (χ0v) is 9.82.